The molecule has 1 rings (SSSR count). The average Bonchev–Trinajstić information content (AvgIpc) is 2.34. The van der Waals surface area contributed by atoms with Crippen molar-refractivity contribution < 1.29 is 24.9 Å². The van der Waals surface area contributed by atoms with E-state index in [0.717, 1.165) is 0 Å². The zero-order chi connectivity index (χ0) is 14.6. The van der Waals surface area contributed by atoms with E-state index in [1.807, 2.05) is 13.8 Å². The van der Waals surface area contributed by atoms with Crippen LogP contribution < -0.4 is 11.1 Å². The number of aliphatic hydroxyl groups excluding tert-OH is 3. The standard InChI is InChI=1S/C12H24N2O5/c1-6(2)3-7(13)12(18)14-8-5-19-9(4-15)11(17)10(8)16/h6-11,15-17H,3-5,13H2,1-2H3,(H,14,18)/t7-,8-,9+,10+,11+/m0/s1. The predicted octanol–water partition coefficient (Wildman–Crippen LogP) is -2.04. The number of hydrogen-bond acceptors (Lipinski definition) is 6. The fraction of sp³-hybridized carbons (Fsp3) is 0.917. The Balaban J connectivity index is 2.51. The van der Waals surface area contributed by atoms with Crippen molar-refractivity contribution in [3.05, 3.63) is 0 Å². The summed E-state index contributed by atoms with van der Waals surface area (Å²) < 4.78 is 5.17. The number of hydrogen-bond donors (Lipinski definition) is 5. The first kappa shape index (κ1) is 16.3. The minimum absolute atomic E-state index is 0.0313. The van der Waals surface area contributed by atoms with Crippen molar-refractivity contribution >= 4 is 5.91 Å². The number of carbonyl (C=O) groups is 1. The highest BCUT2D eigenvalue weighted by molar-refractivity contribution is 5.81. The molecule has 1 amide bonds. The second-order valence-electron chi connectivity index (χ2n) is 5.39. The van der Waals surface area contributed by atoms with Gasteiger partial charge in [-0.2, -0.15) is 0 Å². The Labute approximate surface area is 112 Å². The fourth-order valence-corrected chi connectivity index (χ4v) is 2.07. The number of ether oxygens (including phenoxy) is 1. The zero-order valence-corrected chi connectivity index (χ0v) is 11.3. The Hall–Kier alpha value is -0.730. The maximum absolute atomic E-state index is 11.8. The molecule has 6 N–H and O–H groups in total. The van der Waals surface area contributed by atoms with Crippen LogP contribution in [0.5, 0.6) is 0 Å². The topological polar surface area (TPSA) is 125 Å². The molecule has 0 aromatic rings. The summed E-state index contributed by atoms with van der Waals surface area (Å²) in [7, 11) is 0. The molecule has 0 aliphatic carbocycles. The van der Waals surface area contributed by atoms with Gasteiger partial charge in [0.05, 0.1) is 25.3 Å². The maximum atomic E-state index is 11.8. The third kappa shape index (κ3) is 4.39. The van der Waals surface area contributed by atoms with Gasteiger partial charge in [-0.1, -0.05) is 13.8 Å². The van der Waals surface area contributed by atoms with Gasteiger partial charge in [0, 0.05) is 0 Å². The number of rotatable bonds is 5. The normalized spacial score (nSPS) is 33.2. The van der Waals surface area contributed by atoms with Gasteiger partial charge >= 0.3 is 0 Å². The van der Waals surface area contributed by atoms with Crippen molar-refractivity contribution in [2.75, 3.05) is 13.2 Å². The summed E-state index contributed by atoms with van der Waals surface area (Å²) in [6, 6.07) is -1.37. The van der Waals surface area contributed by atoms with E-state index >= 15 is 0 Å². The summed E-state index contributed by atoms with van der Waals surface area (Å²) in [5, 5.41) is 31.0. The van der Waals surface area contributed by atoms with Crippen LogP contribution in [0.25, 0.3) is 0 Å². The van der Waals surface area contributed by atoms with Crippen LogP contribution in [0.15, 0.2) is 0 Å². The molecule has 1 heterocycles. The Kier molecular flexibility index (Phi) is 6.15. The van der Waals surface area contributed by atoms with Crippen molar-refractivity contribution in [2.45, 2.75) is 50.7 Å². The third-order valence-electron chi connectivity index (χ3n) is 3.20. The highest BCUT2D eigenvalue weighted by Crippen LogP contribution is 2.15. The SMILES string of the molecule is CC(C)C[C@H](N)C(=O)N[C@H]1CO[C@H](CO)[C@@H](O)[C@@H]1O. The first-order valence-corrected chi connectivity index (χ1v) is 6.51. The van der Waals surface area contributed by atoms with Crippen LogP contribution >= 0.6 is 0 Å². The molecule has 7 nitrogen and oxygen atoms in total. The molecule has 0 aromatic carbocycles. The van der Waals surface area contributed by atoms with Gasteiger partial charge in [0.25, 0.3) is 0 Å². The van der Waals surface area contributed by atoms with Gasteiger partial charge in [0.15, 0.2) is 0 Å². The van der Waals surface area contributed by atoms with E-state index in [1.165, 1.54) is 0 Å². The van der Waals surface area contributed by atoms with E-state index in [1.54, 1.807) is 0 Å². The van der Waals surface area contributed by atoms with Gasteiger partial charge in [0.2, 0.25) is 5.91 Å². The summed E-state index contributed by atoms with van der Waals surface area (Å²) in [6.45, 7) is 3.57. The molecular weight excluding hydrogens is 252 g/mol. The molecule has 5 atom stereocenters. The van der Waals surface area contributed by atoms with Gasteiger partial charge in [-0.15, -0.1) is 0 Å². The second kappa shape index (κ2) is 7.16. The largest absolute Gasteiger partial charge is 0.394 e. The van der Waals surface area contributed by atoms with Crippen molar-refractivity contribution in [1.29, 1.82) is 0 Å². The summed E-state index contributed by atoms with van der Waals surface area (Å²) >= 11 is 0. The molecule has 0 spiro atoms. The van der Waals surface area contributed by atoms with Gasteiger partial charge in [0.1, 0.15) is 18.3 Å². The van der Waals surface area contributed by atoms with Gasteiger partial charge in [-0.3, -0.25) is 4.79 Å². The molecule has 1 fully saturated rings. The Morgan fingerprint density at radius 3 is 2.58 bits per heavy atom. The first-order valence-electron chi connectivity index (χ1n) is 6.51. The molecule has 1 aliphatic rings. The molecule has 112 valence electrons. The van der Waals surface area contributed by atoms with Crippen molar-refractivity contribution in [3.63, 3.8) is 0 Å². The average molecular weight is 276 g/mol. The lowest BCUT2D eigenvalue weighted by molar-refractivity contribution is -0.164. The van der Waals surface area contributed by atoms with Crippen LogP contribution in [-0.4, -0.2) is 64.8 Å². The molecule has 19 heavy (non-hydrogen) atoms. The van der Waals surface area contributed by atoms with Crippen LogP contribution in [-0.2, 0) is 9.53 Å². The molecule has 0 radical (unpaired) electrons. The van der Waals surface area contributed by atoms with Crippen LogP contribution in [0.4, 0.5) is 0 Å². The molecule has 0 bridgehead atoms. The minimum atomic E-state index is -1.23. The number of amides is 1. The van der Waals surface area contributed by atoms with E-state index in [0.29, 0.717) is 6.42 Å². The summed E-state index contributed by atoms with van der Waals surface area (Å²) in [4.78, 5) is 11.8. The van der Waals surface area contributed by atoms with E-state index in [4.69, 9.17) is 15.6 Å². The van der Waals surface area contributed by atoms with Gasteiger partial charge < -0.3 is 31.1 Å². The van der Waals surface area contributed by atoms with Gasteiger partial charge in [-0.05, 0) is 12.3 Å². The van der Waals surface area contributed by atoms with E-state index in [2.05, 4.69) is 5.32 Å². The van der Waals surface area contributed by atoms with E-state index < -0.39 is 30.4 Å². The highest BCUT2D eigenvalue weighted by atomic mass is 16.5. The fourth-order valence-electron chi connectivity index (χ4n) is 2.07. The first-order chi connectivity index (χ1) is 8.86. The molecule has 7 heteroatoms. The summed E-state index contributed by atoms with van der Waals surface area (Å²) in [6.07, 6.45) is -2.70. The number of carbonyl (C=O) groups excluding carboxylic acids is 1. The molecule has 0 unspecified atom stereocenters. The van der Waals surface area contributed by atoms with Gasteiger partial charge in [-0.25, -0.2) is 0 Å². The zero-order valence-electron chi connectivity index (χ0n) is 11.3. The van der Waals surface area contributed by atoms with Crippen LogP contribution in [0.3, 0.4) is 0 Å². The Bertz CT molecular complexity index is 300. The van der Waals surface area contributed by atoms with Crippen molar-refractivity contribution in [3.8, 4) is 0 Å². The molecule has 1 aliphatic heterocycles. The predicted molar refractivity (Wildman–Crippen MR) is 68.2 cm³/mol. The molecule has 0 aromatic heterocycles. The number of nitrogens with one attached hydrogen (secondary N) is 1. The lowest BCUT2D eigenvalue weighted by atomic mass is 9.97. The quantitative estimate of drug-likeness (QED) is 0.394. The maximum Gasteiger partial charge on any atom is 0.237 e. The van der Waals surface area contributed by atoms with Crippen molar-refractivity contribution in [1.82, 2.24) is 5.32 Å². The lowest BCUT2D eigenvalue weighted by Crippen LogP contribution is -2.61. The van der Waals surface area contributed by atoms with Crippen LogP contribution in [0.1, 0.15) is 20.3 Å². The summed E-state index contributed by atoms with van der Waals surface area (Å²) in [5.74, 6) is -0.0892. The third-order valence-corrected chi connectivity index (χ3v) is 3.20. The van der Waals surface area contributed by atoms with Crippen LogP contribution in [0.2, 0.25) is 0 Å². The summed E-state index contributed by atoms with van der Waals surface area (Å²) in [5.41, 5.74) is 5.73. The Morgan fingerprint density at radius 1 is 1.42 bits per heavy atom. The highest BCUT2D eigenvalue weighted by Gasteiger charge is 2.39. The number of nitrogens with two attached hydrogens (primary N) is 1. The smallest absolute Gasteiger partial charge is 0.237 e. The molecule has 0 saturated carbocycles. The molecular formula is C12H24N2O5. The van der Waals surface area contributed by atoms with Crippen molar-refractivity contribution in [2.24, 2.45) is 11.7 Å². The second-order valence-corrected chi connectivity index (χ2v) is 5.39. The monoisotopic (exact) mass is 276 g/mol. The lowest BCUT2D eigenvalue weighted by Gasteiger charge is -2.37. The number of aliphatic hydroxyl groups is 3. The molecule has 1 saturated heterocycles. The minimum Gasteiger partial charge on any atom is -0.394 e. The Morgan fingerprint density at radius 2 is 2.05 bits per heavy atom. The van der Waals surface area contributed by atoms with Crippen LogP contribution in [0, 0.1) is 5.92 Å². The van der Waals surface area contributed by atoms with E-state index in [-0.39, 0.29) is 25.0 Å². The van der Waals surface area contributed by atoms with E-state index in [9.17, 15) is 15.0 Å².